The summed E-state index contributed by atoms with van der Waals surface area (Å²) in [5.41, 5.74) is -0.373. The first kappa shape index (κ1) is 12.5. The summed E-state index contributed by atoms with van der Waals surface area (Å²) < 4.78 is 13.7. The van der Waals surface area contributed by atoms with Gasteiger partial charge in [0.15, 0.2) is 0 Å². The Morgan fingerprint density at radius 1 is 1.15 bits per heavy atom. The number of nitrogens with zero attached hydrogens (tertiary/aromatic N) is 1. The molecule has 4 amide bonds. The summed E-state index contributed by atoms with van der Waals surface area (Å²) in [6.45, 7) is 0. The van der Waals surface area contributed by atoms with Crippen LogP contribution in [0.25, 0.3) is 0 Å². The molecule has 0 aliphatic carbocycles. The molecule has 1 aromatic carbocycles. The smallest absolute Gasteiger partial charge is 0.265 e. The van der Waals surface area contributed by atoms with Gasteiger partial charge in [0.05, 0.1) is 11.1 Å². The zero-order chi connectivity index (χ0) is 14.4. The first-order chi connectivity index (χ1) is 9.50. The van der Waals surface area contributed by atoms with Gasteiger partial charge in [-0.3, -0.25) is 29.4 Å². The maximum Gasteiger partial charge on any atom is 0.265 e. The molecule has 1 N–H and O–H groups in total. The van der Waals surface area contributed by atoms with E-state index in [1.807, 2.05) is 0 Å². The van der Waals surface area contributed by atoms with Crippen molar-refractivity contribution in [1.82, 2.24) is 10.2 Å². The van der Waals surface area contributed by atoms with E-state index in [0.717, 1.165) is 11.0 Å². The number of fused-ring (bicyclic) bond motifs is 1. The second kappa shape index (κ2) is 4.22. The highest BCUT2D eigenvalue weighted by molar-refractivity contribution is 6.23. The van der Waals surface area contributed by atoms with Gasteiger partial charge in [-0.2, -0.15) is 0 Å². The van der Waals surface area contributed by atoms with Crippen LogP contribution in [0.4, 0.5) is 4.39 Å². The van der Waals surface area contributed by atoms with Crippen molar-refractivity contribution in [3.63, 3.8) is 0 Å². The number of hydrogen-bond donors (Lipinski definition) is 1. The van der Waals surface area contributed by atoms with Gasteiger partial charge in [0, 0.05) is 6.42 Å². The minimum absolute atomic E-state index is 0.0340. The maximum absolute atomic E-state index is 13.7. The Morgan fingerprint density at radius 2 is 1.90 bits per heavy atom. The van der Waals surface area contributed by atoms with E-state index in [1.165, 1.54) is 12.1 Å². The van der Waals surface area contributed by atoms with Crippen molar-refractivity contribution in [3.05, 3.63) is 35.1 Å². The molecular weight excluding hydrogens is 267 g/mol. The minimum atomic E-state index is -1.07. The van der Waals surface area contributed by atoms with Gasteiger partial charge in [-0.15, -0.1) is 0 Å². The van der Waals surface area contributed by atoms with Crippen molar-refractivity contribution in [2.75, 3.05) is 0 Å². The number of carbonyl (C=O) groups excluding carboxylic acids is 4. The lowest BCUT2D eigenvalue weighted by Crippen LogP contribution is -2.54. The molecule has 1 fully saturated rings. The highest BCUT2D eigenvalue weighted by Crippen LogP contribution is 2.28. The largest absolute Gasteiger partial charge is 0.295 e. The van der Waals surface area contributed by atoms with E-state index in [-0.39, 0.29) is 24.0 Å². The summed E-state index contributed by atoms with van der Waals surface area (Å²) in [5.74, 6) is -3.50. The Hall–Kier alpha value is -2.57. The van der Waals surface area contributed by atoms with E-state index in [9.17, 15) is 23.6 Å². The summed E-state index contributed by atoms with van der Waals surface area (Å²) in [4.78, 5) is 47.9. The number of halogens is 1. The second-order valence-corrected chi connectivity index (χ2v) is 4.61. The van der Waals surface area contributed by atoms with Crippen LogP contribution in [0.1, 0.15) is 33.6 Å². The first-order valence-electron chi connectivity index (χ1n) is 6.01. The predicted octanol–water partition coefficient (Wildman–Crippen LogP) is 0.227. The summed E-state index contributed by atoms with van der Waals surface area (Å²) >= 11 is 0. The van der Waals surface area contributed by atoms with Crippen LogP contribution in [-0.4, -0.2) is 34.6 Å². The lowest BCUT2D eigenvalue weighted by atomic mass is 10.0. The van der Waals surface area contributed by atoms with Gasteiger partial charge in [0.2, 0.25) is 11.8 Å². The van der Waals surface area contributed by atoms with Crippen molar-refractivity contribution < 1.29 is 23.6 Å². The lowest BCUT2D eigenvalue weighted by Gasteiger charge is -2.27. The molecule has 1 aromatic rings. The summed E-state index contributed by atoms with van der Waals surface area (Å²) in [6.07, 6.45) is 0.0873. The molecule has 0 radical (unpaired) electrons. The van der Waals surface area contributed by atoms with Crippen molar-refractivity contribution in [1.29, 1.82) is 0 Å². The van der Waals surface area contributed by atoms with E-state index in [1.54, 1.807) is 0 Å². The molecule has 20 heavy (non-hydrogen) atoms. The minimum Gasteiger partial charge on any atom is -0.295 e. The molecule has 1 atom stereocenters. The highest BCUT2D eigenvalue weighted by Gasteiger charge is 2.45. The fraction of sp³-hybridized carbons (Fsp3) is 0.231. The fourth-order valence-corrected chi connectivity index (χ4v) is 2.47. The molecule has 2 heterocycles. The number of rotatable bonds is 1. The van der Waals surface area contributed by atoms with Gasteiger partial charge in [0.1, 0.15) is 11.9 Å². The molecule has 0 unspecified atom stereocenters. The molecule has 102 valence electrons. The van der Waals surface area contributed by atoms with Crippen molar-refractivity contribution >= 4 is 23.6 Å². The third-order valence-electron chi connectivity index (χ3n) is 3.42. The van der Waals surface area contributed by atoms with Crippen LogP contribution in [0.3, 0.4) is 0 Å². The van der Waals surface area contributed by atoms with Crippen LogP contribution >= 0.6 is 0 Å². The van der Waals surface area contributed by atoms with Gasteiger partial charge in [-0.25, -0.2) is 4.39 Å². The second-order valence-electron chi connectivity index (χ2n) is 4.61. The quantitative estimate of drug-likeness (QED) is 0.744. The van der Waals surface area contributed by atoms with Crippen LogP contribution in [-0.2, 0) is 9.59 Å². The molecule has 1 saturated heterocycles. The number of amides is 4. The van der Waals surface area contributed by atoms with Crippen LogP contribution < -0.4 is 5.32 Å². The van der Waals surface area contributed by atoms with E-state index < -0.39 is 35.5 Å². The van der Waals surface area contributed by atoms with Crippen LogP contribution in [0, 0.1) is 5.82 Å². The number of benzene rings is 1. The van der Waals surface area contributed by atoms with E-state index in [0.29, 0.717) is 0 Å². The number of imide groups is 2. The van der Waals surface area contributed by atoms with Crippen molar-refractivity contribution in [2.24, 2.45) is 0 Å². The number of nitrogens with one attached hydrogen (secondary N) is 1. The van der Waals surface area contributed by atoms with Gasteiger partial charge in [-0.1, -0.05) is 6.07 Å². The average molecular weight is 276 g/mol. The molecule has 2 aliphatic rings. The Morgan fingerprint density at radius 3 is 2.55 bits per heavy atom. The van der Waals surface area contributed by atoms with Gasteiger partial charge < -0.3 is 0 Å². The molecule has 3 rings (SSSR count). The molecular formula is C13H9FN2O4. The Kier molecular flexibility index (Phi) is 2.63. The zero-order valence-corrected chi connectivity index (χ0v) is 10.2. The highest BCUT2D eigenvalue weighted by atomic mass is 19.1. The molecule has 7 heteroatoms. The number of piperidine rings is 1. The first-order valence-corrected chi connectivity index (χ1v) is 6.01. The van der Waals surface area contributed by atoms with Crippen LogP contribution in [0.15, 0.2) is 18.2 Å². The van der Waals surface area contributed by atoms with E-state index in [2.05, 4.69) is 5.32 Å². The van der Waals surface area contributed by atoms with Crippen LogP contribution in [0.5, 0.6) is 0 Å². The molecule has 0 aromatic heterocycles. The normalized spacial score (nSPS) is 22.1. The Bertz CT molecular complexity index is 670. The van der Waals surface area contributed by atoms with Crippen molar-refractivity contribution in [2.45, 2.75) is 18.9 Å². The third-order valence-corrected chi connectivity index (χ3v) is 3.42. The average Bonchev–Trinajstić information content (AvgIpc) is 2.64. The number of hydrogen-bond acceptors (Lipinski definition) is 4. The Balaban J connectivity index is 2.00. The lowest BCUT2D eigenvalue weighted by molar-refractivity contribution is -0.136. The third kappa shape index (κ3) is 1.63. The fourth-order valence-electron chi connectivity index (χ4n) is 2.47. The van der Waals surface area contributed by atoms with Crippen LogP contribution in [0.2, 0.25) is 0 Å². The molecule has 0 saturated carbocycles. The number of carbonyl (C=O) groups is 4. The summed E-state index contributed by atoms with van der Waals surface area (Å²) in [6, 6.07) is 2.68. The molecule has 0 bridgehead atoms. The zero-order valence-electron chi connectivity index (χ0n) is 10.2. The summed E-state index contributed by atoms with van der Waals surface area (Å²) in [7, 11) is 0. The molecule has 6 nitrogen and oxygen atoms in total. The van der Waals surface area contributed by atoms with Gasteiger partial charge in [0.25, 0.3) is 11.8 Å². The molecule has 2 aliphatic heterocycles. The SMILES string of the molecule is O=C1CC[C@@H](N2C(=O)c3cccc(F)c3C2=O)C(=O)N1. The monoisotopic (exact) mass is 276 g/mol. The van der Waals surface area contributed by atoms with Gasteiger partial charge in [-0.05, 0) is 18.6 Å². The van der Waals surface area contributed by atoms with E-state index >= 15 is 0 Å². The summed E-state index contributed by atoms with van der Waals surface area (Å²) in [5, 5.41) is 2.07. The maximum atomic E-state index is 13.7. The standard InChI is InChI=1S/C13H9FN2O4/c14-7-3-1-2-6-10(7)13(20)16(12(6)19)8-4-5-9(17)15-11(8)18/h1-3,8H,4-5H2,(H,15,17,18)/t8-/m1/s1. The van der Waals surface area contributed by atoms with Crippen molar-refractivity contribution in [3.8, 4) is 0 Å². The Labute approximate surface area is 112 Å². The molecule has 0 spiro atoms. The van der Waals surface area contributed by atoms with E-state index in [4.69, 9.17) is 0 Å². The topological polar surface area (TPSA) is 83.6 Å². The van der Waals surface area contributed by atoms with Gasteiger partial charge >= 0.3 is 0 Å². The predicted molar refractivity (Wildman–Crippen MR) is 63.1 cm³/mol.